The number of nitrogens with one attached hydrogen (secondary N) is 1. The lowest BCUT2D eigenvalue weighted by Gasteiger charge is -2.09. The highest BCUT2D eigenvalue weighted by Crippen LogP contribution is 2.19. The minimum atomic E-state index is -3.85. The molecule has 0 saturated carbocycles. The van der Waals surface area contributed by atoms with Crippen molar-refractivity contribution in [3.63, 3.8) is 0 Å². The van der Waals surface area contributed by atoms with Gasteiger partial charge in [0, 0.05) is 13.6 Å². The van der Waals surface area contributed by atoms with Crippen LogP contribution in [0.4, 0.5) is 0 Å². The summed E-state index contributed by atoms with van der Waals surface area (Å²) in [6.07, 6.45) is 1.21. The molecule has 2 N–H and O–H groups in total. The van der Waals surface area contributed by atoms with Crippen molar-refractivity contribution in [3.8, 4) is 0 Å². The average Bonchev–Trinajstić information content (AvgIpc) is 2.55. The van der Waals surface area contributed by atoms with Crippen molar-refractivity contribution in [3.05, 3.63) is 11.2 Å². The second-order valence-corrected chi connectivity index (χ2v) is 5.60. The third kappa shape index (κ3) is 3.18. The molecule has 0 fully saturated rings. The normalized spacial score (nSPS) is 13.6. The van der Waals surface area contributed by atoms with Crippen LogP contribution in [0.5, 0.6) is 0 Å². The van der Waals surface area contributed by atoms with Crippen LogP contribution < -0.4 is 4.72 Å². The Kier molecular flexibility index (Phi) is 4.12. The zero-order valence-electron chi connectivity index (χ0n) is 9.21. The molecule has 0 bridgehead atoms. The van der Waals surface area contributed by atoms with Crippen LogP contribution in [0.15, 0.2) is 11.2 Å². The van der Waals surface area contributed by atoms with Crippen LogP contribution in [-0.2, 0) is 21.9 Å². The quantitative estimate of drug-likeness (QED) is 0.795. The molecule has 0 aliphatic carbocycles. The lowest BCUT2D eigenvalue weighted by atomic mass is 10.2. The van der Waals surface area contributed by atoms with E-state index in [1.54, 1.807) is 0 Å². The van der Waals surface area contributed by atoms with Gasteiger partial charge in [0.05, 0.1) is 17.1 Å². The van der Waals surface area contributed by atoms with Gasteiger partial charge in [0.2, 0.25) is 0 Å². The largest absolute Gasteiger partial charge is 0.481 e. The number of carboxylic acids is 1. The summed E-state index contributed by atoms with van der Waals surface area (Å²) in [6.45, 7) is 1.19. The highest BCUT2D eigenvalue weighted by molar-refractivity contribution is 7.89. The highest BCUT2D eigenvalue weighted by Gasteiger charge is 2.24. The Morgan fingerprint density at radius 3 is 2.71 bits per heavy atom. The van der Waals surface area contributed by atoms with Gasteiger partial charge in [-0.05, 0) is 0 Å². The number of sulfonamides is 1. The fourth-order valence-corrected chi connectivity index (χ4v) is 2.87. The van der Waals surface area contributed by atoms with E-state index in [-0.39, 0.29) is 16.6 Å². The first-order valence-corrected chi connectivity index (χ1v) is 6.51. The number of hydrogen-bond donors (Lipinski definition) is 2. The Labute approximate surface area is 103 Å². The summed E-state index contributed by atoms with van der Waals surface area (Å²) < 4.78 is 26.9. The maximum Gasteiger partial charge on any atom is 0.307 e. The van der Waals surface area contributed by atoms with E-state index < -0.39 is 21.9 Å². The zero-order chi connectivity index (χ0) is 13.2. The van der Waals surface area contributed by atoms with Crippen molar-refractivity contribution in [2.24, 2.45) is 13.0 Å². The molecule has 0 amide bonds. The van der Waals surface area contributed by atoms with Crippen LogP contribution in [0.1, 0.15) is 6.92 Å². The first-order chi connectivity index (χ1) is 7.75. The summed E-state index contributed by atoms with van der Waals surface area (Å²) in [4.78, 5) is 10.6. The molecule has 1 rings (SSSR count). The van der Waals surface area contributed by atoms with Crippen molar-refractivity contribution in [1.82, 2.24) is 14.5 Å². The van der Waals surface area contributed by atoms with Crippen LogP contribution in [-0.4, -0.2) is 35.8 Å². The molecule has 0 radical (unpaired) electrons. The van der Waals surface area contributed by atoms with Gasteiger partial charge in [-0.25, -0.2) is 13.1 Å². The zero-order valence-corrected chi connectivity index (χ0v) is 10.8. The van der Waals surface area contributed by atoms with E-state index in [4.69, 9.17) is 16.7 Å². The number of aromatic nitrogens is 2. The maximum atomic E-state index is 11.8. The maximum absolute atomic E-state index is 11.8. The fraction of sp³-hybridized carbons (Fsp3) is 0.500. The number of rotatable bonds is 5. The molecule has 0 aromatic carbocycles. The molecule has 0 spiro atoms. The molecule has 7 nitrogen and oxygen atoms in total. The van der Waals surface area contributed by atoms with Gasteiger partial charge < -0.3 is 5.11 Å². The standard InChI is InChI=1S/C8H12ClN3O4S/c1-5(8(13)14)3-11-17(15,16)7-6(9)4-10-12(7)2/h4-5,11H,3H2,1-2H3,(H,13,14). The monoisotopic (exact) mass is 281 g/mol. The van der Waals surface area contributed by atoms with E-state index in [1.807, 2.05) is 0 Å². The lowest BCUT2D eigenvalue weighted by Crippen LogP contribution is -2.32. The van der Waals surface area contributed by atoms with Crippen LogP contribution in [0.3, 0.4) is 0 Å². The van der Waals surface area contributed by atoms with Crippen molar-refractivity contribution in [2.45, 2.75) is 11.9 Å². The molecule has 0 saturated heterocycles. The second kappa shape index (κ2) is 5.03. The Hall–Kier alpha value is -1.12. The SMILES string of the molecule is CC(CNS(=O)(=O)c1c(Cl)cnn1C)C(=O)O. The second-order valence-electron chi connectivity index (χ2n) is 3.51. The van der Waals surface area contributed by atoms with E-state index in [2.05, 4.69) is 9.82 Å². The molecular formula is C8H12ClN3O4S. The van der Waals surface area contributed by atoms with Crippen molar-refractivity contribution in [2.75, 3.05) is 6.54 Å². The predicted molar refractivity (Wildman–Crippen MR) is 60.2 cm³/mol. The summed E-state index contributed by atoms with van der Waals surface area (Å²) >= 11 is 5.69. The Bertz CT molecular complexity index is 505. The van der Waals surface area contributed by atoms with E-state index in [1.165, 1.54) is 20.2 Å². The van der Waals surface area contributed by atoms with E-state index >= 15 is 0 Å². The molecule has 0 aliphatic heterocycles. The molecule has 1 atom stereocenters. The van der Waals surface area contributed by atoms with Crippen LogP contribution in [0.25, 0.3) is 0 Å². The van der Waals surface area contributed by atoms with Crippen molar-refractivity contribution < 1.29 is 18.3 Å². The number of aliphatic carboxylic acids is 1. The summed E-state index contributed by atoms with van der Waals surface area (Å²) in [6, 6.07) is 0. The van der Waals surface area contributed by atoms with Gasteiger partial charge >= 0.3 is 5.97 Å². The number of carbonyl (C=O) groups is 1. The van der Waals surface area contributed by atoms with Crippen LogP contribution in [0, 0.1) is 5.92 Å². The van der Waals surface area contributed by atoms with Crippen LogP contribution in [0.2, 0.25) is 5.02 Å². The number of hydrogen-bond acceptors (Lipinski definition) is 4. The van der Waals surface area contributed by atoms with Crippen molar-refractivity contribution in [1.29, 1.82) is 0 Å². The fourth-order valence-electron chi connectivity index (χ4n) is 1.09. The first-order valence-electron chi connectivity index (χ1n) is 4.65. The topological polar surface area (TPSA) is 101 Å². The summed E-state index contributed by atoms with van der Waals surface area (Å²) in [5, 5.41) is 12.1. The summed E-state index contributed by atoms with van der Waals surface area (Å²) in [5.41, 5.74) is 0. The average molecular weight is 282 g/mol. The summed E-state index contributed by atoms with van der Waals surface area (Å²) in [7, 11) is -2.42. The Morgan fingerprint density at radius 1 is 1.71 bits per heavy atom. The van der Waals surface area contributed by atoms with Gasteiger partial charge in [-0.1, -0.05) is 18.5 Å². The van der Waals surface area contributed by atoms with E-state index in [0.717, 1.165) is 4.68 Å². The van der Waals surface area contributed by atoms with Gasteiger partial charge in [-0.2, -0.15) is 5.10 Å². The number of carboxylic acid groups (broad SMARTS) is 1. The third-order valence-electron chi connectivity index (χ3n) is 2.10. The summed E-state index contributed by atoms with van der Waals surface area (Å²) in [5.74, 6) is -1.90. The van der Waals surface area contributed by atoms with Crippen LogP contribution >= 0.6 is 11.6 Å². The molecule has 17 heavy (non-hydrogen) atoms. The van der Waals surface area contributed by atoms with Gasteiger partial charge in [0.25, 0.3) is 10.0 Å². The molecule has 9 heteroatoms. The minimum absolute atomic E-state index is 0.0111. The molecule has 1 heterocycles. The number of nitrogens with zero attached hydrogens (tertiary/aromatic N) is 2. The molecule has 1 aromatic heterocycles. The van der Waals surface area contributed by atoms with Gasteiger partial charge in [-0.3, -0.25) is 9.48 Å². The molecule has 1 aromatic rings. The number of aryl methyl sites for hydroxylation is 1. The van der Waals surface area contributed by atoms with Gasteiger partial charge in [0.1, 0.15) is 0 Å². The Balaban J connectivity index is 2.87. The van der Waals surface area contributed by atoms with Crippen molar-refractivity contribution >= 4 is 27.6 Å². The number of halogens is 1. The molecule has 1 unspecified atom stereocenters. The van der Waals surface area contributed by atoms with Gasteiger partial charge in [-0.15, -0.1) is 0 Å². The first kappa shape index (κ1) is 13.9. The highest BCUT2D eigenvalue weighted by atomic mass is 35.5. The van der Waals surface area contributed by atoms with E-state index in [0.29, 0.717) is 0 Å². The third-order valence-corrected chi connectivity index (χ3v) is 4.03. The molecular weight excluding hydrogens is 270 g/mol. The smallest absolute Gasteiger partial charge is 0.307 e. The lowest BCUT2D eigenvalue weighted by molar-refractivity contribution is -0.140. The predicted octanol–water partition coefficient (Wildman–Crippen LogP) is 0.0725. The minimum Gasteiger partial charge on any atom is -0.481 e. The van der Waals surface area contributed by atoms with Gasteiger partial charge in [0.15, 0.2) is 5.03 Å². The molecule has 0 aliphatic rings. The molecule has 96 valence electrons. The van der Waals surface area contributed by atoms with E-state index in [9.17, 15) is 13.2 Å². The Morgan fingerprint density at radius 2 is 2.29 bits per heavy atom.